The second-order valence-corrected chi connectivity index (χ2v) is 7.82. The summed E-state index contributed by atoms with van der Waals surface area (Å²) in [6.45, 7) is 15.4. The summed E-state index contributed by atoms with van der Waals surface area (Å²) in [6, 6.07) is 1.40. The molecule has 1 aliphatic heterocycles. The fourth-order valence-electron chi connectivity index (χ4n) is 2.90. The van der Waals surface area contributed by atoms with E-state index in [9.17, 15) is 0 Å². The molecule has 0 radical (unpaired) electrons. The normalized spacial score (nSPS) is 28.6. The monoisotopic (exact) mass is 286 g/mol. The van der Waals surface area contributed by atoms with E-state index in [0.717, 1.165) is 23.1 Å². The lowest BCUT2D eigenvalue weighted by Crippen LogP contribution is -2.60. The molecule has 0 aromatic carbocycles. The van der Waals surface area contributed by atoms with Gasteiger partial charge in [-0.05, 0) is 31.1 Å². The molecule has 114 valence electrons. The van der Waals surface area contributed by atoms with E-state index >= 15 is 0 Å². The summed E-state index contributed by atoms with van der Waals surface area (Å²) in [6.07, 6.45) is 4.82. The van der Waals surface area contributed by atoms with Gasteiger partial charge in [-0.25, -0.2) is 0 Å². The average molecular weight is 287 g/mol. The van der Waals surface area contributed by atoms with E-state index < -0.39 is 0 Å². The Morgan fingerprint density at radius 1 is 1.26 bits per heavy atom. The fourth-order valence-corrected chi connectivity index (χ4v) is 3.24. The second-order valence-electron chi connectivity index (χ2n) is 6.54. The van der Waals surface area contributed by atoms with E-state index in [1.54, 1.807) is 0 Å². The predicted molar refractivity (Wildman–Crippen MR) is 89.0 cm³/mol. The van der Waals surface area contributed by atoms with Crippen LogP contribution in [0.2, 0.25) is 0 Å². The number of piperazine rings is 1. The summed E-state index contributed by atoms with van der Waals surface area (Å²) in [7, 11) is 0. The molecule has 1 rings (SSSR count). The van der Waals surface area contributed by atoms with Crippen molar-refractivity contribution < 1.29 is 0 Å². The molecule has 2 nitrogen and oxygen atoms in total. The molecule has 4 atom stereocenters. The van der Waals surface area contributed by atoms with Gasteiger partial charge in [0.15, 0.2) is 0 Å². The Labute approximate surface area is 125 Å². The maximum Gasteiger partial charge on any atom is 0.0244 e. The summed E-state index contributed by atoms with van der Waals surface area (Å²) in [5.41, 5.74) is 0. The first-order valence-electron chi connectivity index (χ1n) is 7.99. The van der Waals surface area contributed by atoms with Gasteiger partial charge >= 0.3 is 0 Å². The molecule has 0 saturated carbocycles. The first-order chi connectivity index (χ1) is 8.99. The van der Waals surface area contributed by atoms with Gasteiger partial charge in [0.05, 0.1) is 0 Å². The standard InChI is InChI=1S/C16H34N2S/c1-7-13(4)15-11-18(9-8-14(5)19-6)16(10-17-15)12(2)3/h12-17H,7-11H2,1-6H3. The predicted octanol–water partition coefficient (Wildman–Crippen LogP) is 3.47. The van der Waals surface area contributed by atoms with E-state index in [1.165, 1.54) is 32.5 Å². The van der Waals surface area contributed by atoms with Crippen LogP contribution in [0.1, 0.15) is 47.5 Å². The minimum Gasteiger partial charge on any atom is -0.311 e. The number of nitrogens with zero attached hydrogens (tertiary/aromatic N) is 1. The zero-order chi connectivity index (χ0) is 14.4. The SMILES string of the molecule is CCC(C)C1CN(CCC(C)SC)C(C(C)C)CN1. The summed E-state index contributed by atoms with van der Waals surface area (Å²) in [4.78, 5) is 2.75. The van der Waals surface area contributed by atoms with Gasteiger partial charge in [0.2, 0.25) is 0 Å². The highest BCUT2D eigenvalue weighted by Gasteiger charge is 2.31. The first-order valence-corrected chi connectivity index (χ1v) is 9.28. The van der Waals surface area contributed by atoms with Crippen LogP contribution in [0.15, 0.2) is 0 Å². The molecule has 0 aliphatic carbocycles. The number of hydrogen-bond acceptors (Lipinski definition) is 3. The summed E-state index contributed by atoms with van der Waals surface area (Å²) in [5.74, 6) is 1.53. The van der Waals surface area contributed by atoms with Crippen molar-refractivity contribution in [1.82, 2.24) is 10.2 Å². The maximum absolute atomic E-state index is 3.79. The second kappa shape index (κ2) is 8.53. The Morgan fingerprint density at radius 3 is 2.47 bits per heavy atom. The molecule has 4 unspecified atom stereocenters. The molecule has 1 aliphatic rings. The molecule has 1 saturated heterocycles. The van der Waals surface area contributed by atoms with E-state index in [4.69, 9.17) is 0 Å². The minimum atomic E-state index is 0.685. The lowest BCUT2D eigenvalue weighted by atomic mass is 9.92. The molecule has 1 N–H and O–H groups in total. The van der Waals surface area contributed by atoms with Crippen molar-refractivity contribution in [2.75, 3.05) is 25.9 Å². The summed E-state index contributed by atoms with van der Waals surface area (Å²) >= 11 is 1.99. The van der Waals surface area contributed by atoms with Crippen LogP contribution in [0.25, 0.3) is 0 Å². The molecule has 0 bridgehead atoms. The van der Waals surface area contributed by atoms with Crippen LogP contribution in [0.5, 0.6) is 0 Å². The van der Waals surface area contributed by atoms with E-state index in [2.05, 4.69) is 51.1 Å². The summed E-state index contributed by atoms with van der Waals surface area (Å²) in [5, 5.41) is 4.57. The van der Waals surface area contributed by atoms with Crippen LogP contribution in [0.3, 0.4) is 0 Å². The number of nitrogens with one attached hydrogen (secondary N) is 1. The highest BCUT2D eigenvalue weighted by Crippen LogP contribution is 2.21. The van der Waals surface area contributed by atoms with Crippen molar-refractivity contribution in [2.45, 2.75) is 64.8 Å². The van der Waals surface area contributed by atoms with Crippen LogP contribution in [-0.4, -0.2) is 48.1 Å². The highest BCUT2D eigenvalue weighted by molar-refractivity contribution is 7.99. The molecule has 1 fully saturated rings. The zero-order valence-corrected chi connectivity index (χ0v) is 14.6. The molecule has 0 amide bonds. The third kappa shape index (κ3) is 5.28. The van der Waals surface area contributed by atoms with Gasteiger partial charge in [0, 0.05) is 30.4 Å². The van der Waals surface area contributed by atoms with Crippen molar-refractivity contribution in [1.29, 1.82) is 0 Å². The average Bonchev–Trinajstić information content (AvgIpc) is 2.43. The van der Waals surface area contributed by atoms with Gasteiger partial charge in [-0.15, -0.1) is 0 Å². The maximum atomic E-state index is 3.79. The van der Waals surface area contributed by atoms with Crippen molar-refractivity contribution in [2.24, 2.45) is 11.8 Å². The smallest absolute Gasteiger partial charge is 0.0244 e. The van der Waals surface area contributed by atoms with Crippen LogP contribution < -0.4 is 5.32 Å². The molecule has 0 aromatic heterocycles. The minimum absolute atomic E-state index is 0.685. The third-order valence-corrected chi connectivity index (χ3v) is 5.86. The van der Waals surface area contributed by atoms with Gasteiger partial charge in [-0.1, -0.05) is 41.0 Å². The van der Waals surface area contributed by atoms with Crippen LogP contribution in [-0.2, 0) is 0 Å². The number of rotatable bonds is 7. The van der Waals surface area contributed by atoms with E-state index in [0.29, 0.717) is 6.04 Å². The molecule has 1 heterocycles. The quantitative estimate of drug-likeness (QED) is 0.771. The van der Waals surface area contributed by atoms with E-state index in [1.807, 2.05) is 11.8 Å². The molecular formula is C16H34N2S. The fraction of sp³-hybridized carbons (Fsp3) is 1.00. The first kappa shape index (κ1) is 17.3. The molecule has 3 heteroatoms. The third-order valence-electron chi connectivity index (χ3n) is 4.81. The Kier molecular flexibility index (Phi) is 7.78. The molecule has 0 spiro atoms. The van der Waals surface area contributed by atoms with Crippen LogP contribution >= 0.6 is 11.8 Å². The lowest BCUT2D eigenvalue weighted by Gasteiger charge is -2.44. The van der Waals surface area contributed by atoms with Gasteiger partial charge in [-0.3, -0.25) is 4.90 Å². The van der Waals surface area contributed by atoms with Crippen molar-refractivity contribution >= 4 is 11.8 Å². The van der Waals surface area contributed by atoms with Gasteiger partial charge in [0.1, 0.15) is 0 Å². The number of hydrogen-bond donors (Lipinski definition) is 1. The van der Waals surface area contributed by atoms with Gasteiger partial charge < -0.3 is 5.32 Å². The van der Waals surface area contributed by atoms with Crippen LogP contribution in [0, 0.1) is 11.8 Å². The largest absolute Gasteiger partial charge is 0.311 e. The lowest BCUT2D eigenvalue weighted by molar-refractivity contribution is 0.0811. The van der Waals surface area contributed by atoms with Crippen LogP contribution in [0.4, 0.5) is 0 Å². The highest BCUT2D eigenvalue weighted by atomic mass is 32.2. The van der Waals surface area contributed by atoms with Gasteiger partial charge in [0.25, 0.3) is 0 Å². The van der Waals surface area contributed by atoms with Crippen molar-refractivity contribution in [3.8, 4) is 0 Å². The van der Waals surface area contributed by atoms with Gasteiger partial charge in [-0.2, -0.15) is 11.8 Å². The van der Waals surface area contributed by atoms with Crippen molar-refractivity contribution in [3.05, 3.63) is 0 Å². The topological polar surface area (TPSA) is 15.3 Å². The molecular weight excluding hydrogens is 252 g/mol. The van der Waals surface area contributed by atoms with Crippen molar-refractivity contribution in [3.63, 3.8) is 0 Å². The molecule has 19 heavy (non-hydrogen) atoms. The zero-order valence-electron chi connectivity index (χ0n) is 13.8. The Morgan fingerprint density at radius 2 is 1.95 bits per heavy atom. The Balaban J connectivity index is 2.57. The number of thioether (sulfide) groups is 1. The Bertz CT molecular complexity index is 245. The Hall–Kier alpha value is 0.270. The molecule has 0 aromatic rings. The van der Waals surface area contributed by atoms with E-state index in [-0.39, 0.29) is 0 Å². The summed E-state index contributed by atoms with van der Waals surface area (Å²) < 4.78 is 0.